The lowest BCUT2D eigenvalue weighted by molar-refractivity contribution is -0.134. The third-order valence-corrected chi connectivity index (χ3v) is 6.14. The number of aliphatic hydroxyl groups is 2. The van der Waals surface area contributed by atoms with Crippen LogP contribution in [0, 0.1) is 0 Å². The molecule has 0 spiro atoms. The molecule has 1 saturated heterocycles. The fraction of sp³-hybridized carbons (Fsp3) is 0.632. The number of anilines is 2. The number of ether oxygens (including phenoxy) is 1. The van der Waals surface area contributed by atoms with Crippen LogP contribution in [0.4, 0.5) is 11.8 Å². The molecule has 200 valence electrons. The van der Waals surface area contributed by atoms with Gasteiger partial charge in [-0.15, -0.1) is 0 Å². The zero-order valence-corrected chi connectivity index (χ0v) is 20.4. The summed E-state index contributed by atoms with van der Waals surface area (Å²) in [7, 11) is -3.20. The lowest BCUT2D eigenvalue weighted by Crippen LogP contribution is -2.39. The average Bonchev–Trinajstić information content (AvgIpc) is 3.34. The Morgan fingerprint density at radius 1 is 1.14 bits per heavy atom. The molecule has 1 aliphatic heterocycles. The van der Waals surface area contributed by atoms with Gasteiger partial charge in [-0.25, -0.2) is 18.1 Å². The highest BCUT2D eigenvalue weighted by Gasteiger charge is 2.47. The molecule has 3 rings (SSSR count). The van der Waals surface area contributed by atoms with Gasteiger partial charge < -0.3 is 37.1 Å². The van der Waals surface area contributed by atoms with E-state index in [9.17, 15) is 28.2 Å². The van der Waals surface area contributed by atoms with Crippen molar-refractivity contribution in [3.8, 4) is 0 Å². The van der Waals surface area contributed by atoms with E-state index in [0.717, 1.165) is 6.26 Å². The summed E-state index contributed by atoms with van der Waals surface area (Å²) in [5.41, 5.74) is 11.6. The fourth-order valence-corrected chi connectivity index (χ4v) is 4.15. The van der Waals surface area contributed by atoms with Gasteiger partial charge in [0.2, 0.25) is 27.8 Å². The summed E-state index contributed by atoms with van der Waals surface area (Å²) >= 11 is 0. The van der Waals surface area contributed by atoms with Gasteiger partial charge in [-0.2, -0.15) is 9.97 Å². The van der Waals surface area contributed by atoms with Crippen LogP contribution in [0.25, 0.3) is 11.2 Å². The average molecular weight is 530 g/mol. The number of nitrogens with one attached hydrogen (secondary N) is 3. The third kappa shape index (κ3) is 6.97. The second kappa shape index (κ2) is 11.7. The number of fused-ring (bicyclic) bond motifs is 1. The summed E-state index contributed by atoms with van der Waals surface area (Å²) in [6.45, 7) is 0.912. The Bertz CT molecular complexity index is 1190. The first-order chi connectivity index (χ1) is 17.0. The number of sulfonamides is 1. The predicted molar refractivity (Wildman–Crippen MR) is 128 cm³/mol. The summed E-state index contributed by atoms with van der Waals surface area (Å²) in [5, 5.41) is 26.1. The number of carbonyl (C=O) groups is 2. The van der Waals surface area contributed by atoms with Crippen LogP contribution in [0.1, 0.15) is 31.9 Å². The van der Waals surface area contributed by atoms with Crippen molar-refractivity contribution in [3.63, 3.8) is 0 Å². The smallest absolute Gasteiger partial charge is 0.249 e. The largest absolute Gasteiger partial charge is 0.387 e. The van der Waals surface area contributed by atoms with Crippen LogP contribution in [0.5, 0.6) is 0 Å². The summed E-state index contributed by atoms with van der Waals surface area (Å²) < 4.78 is 31.1. The van der Waals surface area contributed by atoms with E-state index in [-0.39, 0.29) is 41.9 Å². The molecule has 2 aromatic rings. The zero-order valence-electron chi connectivity index (χ0n) is 19.6. The normalized spacial score (nSPS) is 22.1. The van der Waals surface area contributed by atoms with Crippen molar-refractivity contribution < 1.29 is 33.0 Å². The van der Waals surface area contributed by atoms with Crippen LogP contribution in [-0.4, -0.2) is 94.2 Å². The van der Waals surface area contributed by atoms with Crippen molar-refractivity contribution in [1.29, 1.82) is 0 Å². The summed E-state index contributed by atoms with van der Waals surface area (Å²) in [6.07, 6.45) is -0.857. The second-order valence-electron chi connectivity index (χ2n) is 8.34. The maximum Gasteiger partial charge on any atom is 0.249 e. The van der Waals surface area contributed by atoms with Crippen molar-refractivity contribution in [1.82, 2.24) is 29.6 Å². The number of carbonyl (C=O) groups excluding carboxylic acids is 2. The molecule has 1 unspecified atom stereocenters. The zero-order chi connectivity index (χ0) is 26.5. The first-order valence-electron chi connectivity index (χ1n) is 11.2. The van der Waals surface area contributed by atoms with Gasteiger partial charge in [0.15, 0.2) is 23.8 Å². The number of unbranched alkanes of at least 4 members (excludes halogenated alkanes) is 2. The van der Waals surface area contributed by atoms with E-state index >= 15 is 0 Å². The molecule has 16 nitrogen and oxygen atoms in total. The van der Waals surface area contributed by atoms with Gasteiger partial charge in [0, 0.05) is 26.1 Å². The molecular formula is C19H31N9O7S. The van der Waals surface area contributed by atoms with Gasteiger partial charge in [0.05, 0.1) is 12.6 Å². The lowest BCUT2D eigenvalue weighted by Gasteiger charge is -2.16. The summed E-state index contributed by atoms with van der Waals surface area (Å²) in [5.74, 6) is -0.878. The SMILES string of the molecule is CS(=O)(=O)NCCCCCC(=O)NCCNc1nc(N)c2ncn(C3O[C@H](C(N)=O)[C@@H](O)[C@H]3O)c2n1. The molecule has 3 heterocycles. The first-order valence-corrected chi connectivity index (χ1v) is 13.1. The second-order valence-corrected chi connectivity index (χ2v) is 10.2. The van der Waals surface area contributed by atoms with Crippen molar-refractivity contribution >= 4 is 44.8 Å². The van der Waals surface area contributed by atoms with Crippen LogP contribution in [-0.2, 0) is 24.3 Å². The van der Waals surface area contributed by atoms with Crippen molar-refractivity contribution in [3.05, 3.63) is 6.33 Å². The van der Waals surface area contributed by atoms with Gasteiger partial charge >= 0.3 is 0 Å². The minimum Gasteiger partial charge on any atom is -0.387 e. The lowest BCUT2D eigenvalue weighted by atomic mass is 10.1. The van der Waals surface area contributed by atoms with Crippen molar-refractivity contribution in [2.24, 2.45) is 5.73 Å². The maximum absolute atomic E-state index is 12.0. The molecule has 0 radical (unpaired) electrons. The molecule has 9 N–H and O–H groups in total. The van der Waals surface area contributed by atoms with E-state index in [0.29, 0.717) is 32.2 Å². The third-order valence-electron chi connectivity index (χ3n) is 5.42. The topological polar surface area (TPSA) is 250 Å². The van der Waals surface area contributed by atoms with Gasteiger partial charge in [-0.3, -0.25) is 14.2 Å². The minimum absolute atomic E-state index is 0.0511. The van der Waals surface area contributed by atoms with Crippen LogP contribution < -0.4 is 26.8 Å². The molecule has 2 aromatic heterocycles. The highest BCUT2D eigenvalue weighted by atomic mass is 32.2. The van der Waals surface area contributed by atoms with Crippen molar-refractivity contribution in [2.45, 2.75) is 50.2 Å². The van der Waals surface area contributed by atoms with Gasteiger partial charge in [0.1, 0.15) is 17.7 Å². The van der Waals surface area contributed by atoms with E-state index in [2.05, 4.69) is 30.3 Å². The Balaban J connectivity index is 1.49. The number of aromatic nitrogens is 4. The molecule has 0 aromatic carbocycles. The van der Waals surface area contributed by atoms with E-state index in [1.54, 1.807) is 0 Å². The number of nitrogens with two attached hydrogens (primary N) is 2. The van der Waals surface area contributed by atoms with E-state index in [1.807, 2.05) is 0 Å². The number of primary amides is 1. The Morgan fingerprint density at radius 3 is 2.56 bits per heavy atom. The molecule has 1 fully saturated rings. The molecule has 2 amide bonds. The van der Waals surface area contributed by atoms with Crippen LogP contribution >= 0.6 is 0 Å². The molecule has 36 heavy (non-hydrogen) atoms. The van der Waals surface area contributed by atoms with E-state index in [4.69, 9.17) is 16.2 Å². The molecular weight excluding hydrogens is 498 g/mol. The Labute approximate surface area is 206 Å². The first kappa shape index (κ1) is 27.5. The molecule has 1 aliphatic rings. The highest BCUT2D eigenvalue weighted by molar-refractivity contribution is 7.88. The molecule has 0 saturated carbocycles. The predicted octanol–water partition coefficient (Wildman–Crippen LogP) is -2.85. The number of rotatable bonds is 13. The van der Waals surface area contributed by atoms with Gasteiger partial charge in [-0.1, -0.05) is 6.42 Å². The Morgan fingerprint density at radius 2 is 1.89 bits per heavy atom. The van der Waals surface area contributed by atoms with Crippen molar-refractivity contribution in [2.75, 3.05) is 36.9 Å². The Kier molecular flexibility index (Phi) is 8.96. The molecule has 4 atom stereocenters. The number of nitrogens with zero attached hydrogens (tertiary/aromatic N) is 4. The number of nitrogen functional groups attached to an aromatic ring is 1. The molecule has 0 bridgehead atoms. The number of hydrogen-bond donors (Lipinski definition) is 7. The number of hydrogen-bond acceptors (Lipinski definition) is 12. The van der Waals surface area contributed by atoms with E-state index in [1.165, 1.54) is 10.9 Å². The fourth-order valence-electron chi connectivity index (χ4n) is 3.64. The summed E-state index contributed by atoms with van der Waals surface area (Å²) in [6, 6.07) is 0. The highest BCUT2D eigenvalue weighted by Crippen LogP contribution is 2.32. The van der Waals surface area contributed by atoms with Gasteiger partial charge in [0.25, 0.3) is 0 Å². The standard InChI is InChI=1S/C19H31N9O7S/c1-36(33,34)25-6-4-2-3-5-10(29)22-7-8-23-19-26-15(20)11-17(27-19)28(9-24-11)18-13(31)12(30)14(35-18)16(21)32/h9,12-14,18,25,30-31H,2-8H2,1H3,(H2,21,32)(H,22,29)(H3,20,23,26,27)/t12-,13+,14-,18?/m0/s1. The Hall–Kier alpha value is -3.12. The van der Waals surface area contributed by atoms with Crippen LogP contribution in [0.15, 0.2) is 6.33 Å². The molecule has 0 aliphatic carbocycles. The summed E-state index contributed by atoms with van der Waals surface area (Å²) in [4.78, 5) is 36.0. The number of aliphatic hydroxyl groups excluding tert-OH is 2. The monoisotopic (exact) mass is 529 g/mol. The number of imidazole rings is 1. The van der Waals surface area contributed by atoms with E-state index < -0.39 is 40.5 Å². The van der Waals surface area contributed by atoms with Crippen LogP contribution in [0.3, 0.4) is 0 Å². The van der Waals surface area contributed by atoms with Gasteiger partial charge in [-0.05, 0) is 12.8 Å². The maximum atomic E-state index is 12.0. The quantitative estimate of drug-likeness (QED) is 0.130. The minimum atomic E-state index is -3.20. The number of amides is 2. The van der Waals surface area contributed by atoms with Crippen LogP contribution in [0.2, 0.25) is 0 Å². The molecule has 17 heteroatoms.